The van der Waals surface area contributed by atoms with E-state index >= 15 is 0 Å². The normalized spacial score (nSPS) is 10.7. The molecule has 0 aliphatic heterocycles. The summed E-state index contributed by atoms with van der Waals surface area (Å²) in [6.07, 6.45) is 0.774. The zero-order valence-electron chi connectivity index (χ0n) is 15.8. The molecule has 0 aliphatic rings. The van der Waals surface area contributed by atoms with E-state index in [0.717, 1.165) is 23.2 Å². The number of hydrogen-bond donors (Lipinski definition) is 2. The van der Waals surface area contributed by atoms with Crippen molar-refractivity contribution >= 4 is 44.2 Å². The van der Waals surface area contributed by atoms with E-state index in [4.69, 9.17) is 4.42 Å². The van der Waals surface area contributed by atoms with Crippen molar-refractivity contribution in [2.24, 2.45) is 0 Å². The minimum Gasteiger partial charge on any atom is -0.465 e. The third-order valence-electron chi connectivity index (χ3n) is 4.18. The van der Waals surface area contributed by atoms with Crippen LogP contribution < -0.4 is 10.6 Å². The van der Waals surface area contributed by atoms with E-state index in [1.54, 1.807) is 13.8 Å². The van der Waals surface area contributed by atoms with Crippen LogP contribution in [0.5, 0.6) is 0 Å². The summed E-state index contributed by atoms with van der Waals surface area (Å²) in [6, 6.07) is 8.01. The number of amides is 2. The summed E-state index contributed by atoms with van der Waals surface area (Å²) in [5.41, 5.74) is 3.39. The van der Waals surface area contributed by atoms with Crippen molar-refractivity contribution in [1.29, 1.82) is 0 Å². The van der Waals surface area contributed by atoms with Gasteiger partial charge in [0.25, 0.3) is 5.91 Å². The predicted molar refractivity (Wildman–Crippen MR) is 114 cm³/mol. The second-order valence-electron chi connectivity index (χ2n) is 6.33. The van der Waals surface area contributed by atoms with Crippen molar-refractivity contribution in [3.05, 3.63) is 56.8 Å². The molecule has 2 aromatic heterocycles. The number of thiazole rings is 1. The van der Waals surface area contributed by atoms with E-state index < -0.39 is 0 Å². The highest BCUT2D eigenvalue weighted by atomic mass is 79.9. The number of hydrogen-bond acceptors (Lipinski definition) is 5. The van der Waals surface area contributed by atoms with Gasteiger partial charge in [0.2, 0.25) is 5.91 Å². The number of aromatic nitrogens is 1. The number of furan rings is 1. The third kappa shape index (κ3) is 4.69. The SMILES string of the molecule is CC(=O)NCCc1ccc(-c2csc(NC(=O)c3c(C)oc(C)c3Br)n2)cc1. The zero-order valence-corrected chi connectivity index (χ0v) is 18.2. The molecule has 0 aliphatic carbocycles. The molecule has 0 spiro atoms. The molecular weight excluding hydrogens is 442 g/mol. The molecular formula is C20H20BrN3O3S. The Labute approximate surface area is 175 Å². The van der Waals surface area contributed by atoms with Crippen LogP contribution in [0.4, 0.5) is 5.13 Å². The molecule has 28 heavy (non-hydrogen) atoms. The van der Waals surface area contributed by atoms with Crippen molar-refractivity contribution in [3.8, 4) is 11.3 Å². The number of carbonyl (C=O) groups is 2. The number of halogens is 1. The first-order valence-corrected chi connectivity index (χ1v) is 10.4. The van der Waals surface area contributed by atoms with Gasteiger partial charge in [-0.05, 0) is 41.8 Å². The van der Waals surface area contributed by atoms with Gasteiger partial charge in [-0.2, -0.15) is 0 Å². The number of anilines is 1. The Hall–Kier alpha value is -2.45. The predicted octanol–water partition coefficient (Wildman–Crippen LogP) is 4.71. The quantitative estimate of drug-likeness (QED) is 0.556. The minimum absolute atomic E-state index is 0.0264. The fourth-order valence-corrected chi connectivity index (χ4v) is 4.02. The van der Waals surface area contributed by atoms with Crippen LogP contribution >= 0.6 is 27.3 Å². The highest BCUT2D eigenvalue weighted by Crippen LogP contribution is 2.30. The van der Waals surface area contributed by atoms with E-state index in [2.05, 4.69) is 31.5 Å². The fourth-order valence-electron chi connectivity index (χ4n) is 2.76. The smallest absolute Gasteiger partial charge is 0.262 e. The number of benzene rings is 1. The molecule has 8 heteroatoms. The van der Waals surface area contributed by atoms with Crippen LogP contribution in [0.2, 0.25) is 0 Å². The summed E-state index contributed by atoms with van der Waals surface area (Å²) >= 11 is 4.77. The largest absolute Gasteiger partial charge is 0.465 e. The maximum absolute atomic E-state index is 12.5. The molecule has 0 unspecified atom stereocenters. The van der Waals surface area contributed by atoms with E-state index in [9.17, 15) is 9.59 Å². The maximum atomic E-state index is 12.5. The molecule has 0 radical (unpaired) electrons. The molecule has 0 saturated carbocycles. The number of carbonyl (C=O) groups excluding carboxylic acids is 2. The second-order valence-corrected chi connectivity index (χ2v) is 7.98. The van der Waals surface area contributed by atoms with Crippen molar-refractivity contribution in [2.45, 2.75) is 27.2 Å². The molecule has 0 bridgehead atoms. The zero-order chi connectivity index (χ0) is 20.3. The summed E-state index contributed by atoms with van der Waals surface area (Å²) < 4.78 is 6.14. The summed E-state index contributed by atoms with van der Waals surface area (Å²) in [5.74, 6) is 0.950. The van der Waals surface area contributed by atoms with Crippen molar-refractivity contribution in [1.82, 2.24) is 10.3 Å². The van der Waals surface area contributed by atoms with Crippen LogP contribution in [0.25, 0.3) is 11.3 Å². The van der Waals surface area contributed by atoms with E-state index in [-0.39, 0.29) is 11.8 Å². The van der Waals surface area contributed by atoms with Gasteiger partial charge in [0, 0.05) is 24.4 Å². The first-order chi connectivity index (χ1) is 13.3. The van der Waals surface area contributed by atoms with E-state index in [1.807, 2.05) is 29.6 Å². The lowest BCUT2D eigenvalue weighted by atomic mass is 10.1. The van der Waals surface area contributed by atoms with E-state index in [1.165, 1.54) is 18.3 Å². The Kier molecular flexibility index (Phi) is 6.31. The van der Waals surface area contributed by atoms with Crippen LogP contribution in [0.15, 0.2) is 38.5 Å². The molecule has 2 heterocycles. The van der Waals surface area contributed by atoms with Crippen molar-refractivity contribution < 1.29 is 14.0 Å². The Morgan fingerprint density at radius 3 is 2.50 bits per heavy atom. The molecule has 2 N–H and O–H groups in total. The van der Waals surface area contributed by atoms with Gasteiger partial charge in [0.15, 0.2) is 5.13 Å². The highest BCUT2D eigenvalue weighted by Gasteiger charge is 2.20. The second kappa shape index (κ2) is 8.70. The maximum Gasteiger partial charge on any atom is 0.262 e. The lowest BCUT2D eigenvalue weighted by Gasteiger charge is -2.04. The van der Waals surface area contributed by atoms with Crippen LogP contribution in [-0.2, 0) is 11.2 Å². The Morgan fingerprint density at radius 2 is 1.89 bits per heavy atom. The lowest BCUT2D eigenvalue weighted by Crippen LogP contribution is -2.22. The van der Waals surface area contributed by atoms with Crippen LogP contribution in [-0.4, -0.2) is 23.3 Å². The standard InChI is InChI=1S/C20H20BrN3O3S/c1-11-17(18(21)12(2)27-11)19(26)24-20-23-16(10-28-20)15-6-4-14(5-7-15)8-9-22-13(3)25/h4-7,10H,8-9H2,1-3H3,(H,22,25)(H,23,24,26). The topological polar surface area (TPSA) is 84.2 Å². The average molecular weight is 462 g/mol. The van der Waals surface area contributed by atoms with Gasteiger partial charge in [-0.1, -0.05) is 24.3 Å². The van der Waals surface area contributed by atoms with Crippen LogP contribution in [0, 0.1) is 13.8 Å². The Balaban J connectivity index is 1.66. The lowest BCUT2D eigenvalue weighted by molar-refractivity contribution is -0.118. The Bertz CT molecular complexity index is 1010. The van der Waals surface area contributed by atoms with Gasteiger partial charge in [0.1, 0.15) is 11.5 Å². The van der Waals surface area contributed by atoms with Gasteiger partial charge in [-0.15, -0.1) is 11.3 Å². The first kappa shape index (κ1) is 20.3. The van der Waals surface area contributed by atoms with Gasteiger partial charge in [-0.25, -0.2) is 4.98 Å². The van der Waals surface area contributed by atoms with Crippen molar-refractivity contribution in [2.75, 3.05) is 11.9 Å². The van der Waals surface area contributed by atoms with Gasteiger partial charge in [0.05, 0.1) is 15.7 Å². The molecule has 0 atom stereocenters. The molecule has 146 valence electrons. The minimum atomic E-state index is -0.254. The molecule has 0 fully saturated rings. The van der Waals surface area contributed by atoms with Gasteiger partial charge >= 0.3 is 0 Å². The van der Waals surface area contributed by atoms with Crippen molar-refractivity contribution in [3.63, 3.8) is 0 Å². The van der Waals surface area contributed by atoms with Gasteiger partial charge in [-0.3, -0.25) is 14.9 Å². The number of nitrogens with one attached hydrogen (secondary N) is 2. The van der Waals surface area contributed by atoms with Crippen LogP contribution in [0.1, 0.15) is 34.4 Å². The number of rotatable bonds is 6. The average Bonchev–Trinajstić information content (AvgIpc) is 3.19. The summed E-state index contributed by atoms with van der Waals surface area (Å²) in [4.78, 5) is 28.0. The molecule has 3 rings (SSSR count). The molecule has 1 aromatic carbocycles. The summed E-state index contributed by atoms with van der Waals surface area (Å²) in [7, 11) is 0. The fraction of sp³-hybridized carbons (Fsp3) is 0.250. The molecule has 3 aromatic rings. The van der Waals surface area contributed by atoms with Crippen LogP contribution in [0.3, 0.4) is 0 Å². The first-order valence-electron chi connectivity index (χ1n) is 8.71. The molecule has 2 amide bonds. The third-order valence-corrected chi connectivity index (χ3v) is 5.89. The summed E-state index contributed by atoms with van der Waals surface area (Å²) in [6.45, 7) is 5.68. The van der Waals surface area contributed by atoms with E-state index in [0.29, 0.717) is 33.2 Å². The highest BCUT2D eigenvalue weighted by molar-refractivity contribution is 9.10. The summed E-state index contributed by atoms with van der Waals surface area (Å²) in [5, 5.41) is 8.05. The molecule has 0 saturated heterocycles. The molecule has 6 nitrogen and oxygen atoms in total. The van der Waals surface area contributed by atoms with Gasteiger partial charge < -0.3 is 9.73 Å². The monoisotopic (exact) mass is 461 g/mol. The Morgan fingerprint density at radius 1 is 1.18 bits per heavy atom. The number of nitrogens with zero attached hydrogens (tertiary/aromatic N) is 1. The number of aryl methyl sites for hydroxylation is 2.